The highest BCUT2D eigenvalue weighted by Crippen LogP contribution is 2.63. The molecule has 1 spiro atoms. The number of ketones is 1. The Morgan fingerprint density at radius 2 is 1.77 bits per heavy atom. The Labute approximate surface area is 272 Å². The van der Waals surface area contributed by atoms with Gasteiger partial charge in [-0.05, 0) is 85.2 Å². The van der Waals surface area contributed by atoms with Crippen molar-refractivity contribution in [3.63, 3.8) is 0 Å². The van der Waals surface area contributed by atoms with Crippen LogP contribution < -0.4 is 11.2 Å². The van der Waals surface area contributed by atoms with Crippen LogP contribution in [0.2, 0.25) is 0 Å². The molecule has 47 heavy (non-hydrogen) atoms. The number of hydrogen-bond acceptors (Lipinski definition) is 6. The van der Waals surface area contributed by atoms with Crippen molar-refractivity contribution in [1.82, 2.24) is 23.7 Å². The zero-order valence-corrected chi connectivity index (χ0v) is 26.5. The Kier molecular flexibility index (Phi) is 7.12. The van der Waals surface area contributed by atoms with Gasteiger partial charge in [-0.2, -0.15) is 0 Å². The number of aromatic nitrogens is 5. The Morgan fingerprint density at radius 1 is 1.00 bits per heavy atom. The summed E-state index contributed by atoms with van der Waals surface area (Å²) in [7, 11) is 0. The largest absolute Gasteiger partial charge is 0.337 e. The molecule has 2 aromatic carbocycles. The van der Waals surface area contributed by atoms with Crippen molar-refractivity contribution < 1.29 is 13.6 Å². The number of halogens is 2. The van der Waals surface area contributed by atoms with Gasteiger partial charge in [0.15, 0.2) is 11.4 Å². The molecule has 0 N–H and O–H groups in total. The van der Waals surface area contributed by atoms with Gasteiger partial charge in [0, 0.05) is 42.1 Å². The lowest BCUT2D eigenvalue weighted by Crippen LogP contribution is -2.43. The molecule has 8 nitrogen and oxygen atoms in total. The van der Waals surface area contributed by atoms with Crippen LogP contribution in [0, 0.1) is 17.2 Å². The SMILES string of the molecule is CSc1cccc(-c2cccc(-n3c(=O)n(C4CCC5(CC4)CC5C(=O)c4cn5c(n4)CCC(F)=C5)c(=O)c4cc(F)cnc43)c2)c1. The molecular formula is C36H31F2N5O3S. The molecule has 3 aliphatic rings. The average molecular weight is 652 g/mol. The molecule has 4 heterocycles. The minimum atomic E-state index is -0.657. The van der Waals surface area contributed by atoms with Crippen molar-refractivity contribution >= 4 is 34.8 Å². The molecule has 0 saturated heterocycles. The summed E-state index contributed by atoms with van der Waals surface area (Å²) in [5.41, 5.74) is 1.57. The lowest BCUT2D eigenvalue weighted by Gasteiger charge is -2.30. The van der Waals surface area contributed by atoms with Crippen LogP contribution in [0.3, 0.4) is 0 Å². The predicted octanol–water partition coefficient (Wildman–Crippen LogP) is 6.99. The topological polar surface area (TPSA) is 91.8 Å². The van der Waals surface area contributed by atoms with Gasteiger partial charge in [-0.15, -0.1) is 11.8 Å². The highest BCUT2D eigenvalue weighted by atomic mass is 32.2. The number of thioether (sulfide) groups is 1. The third-order valence-electron chi connectivity index (χ3n) is 10.1. The monoisotopic (exact) mass is 651 g/mol. The first-order valence-electron chi connectivity index (χ1n) is 15.8. The molecule has 11 heteroatoms. The number of benzene rings is 2. The molecule has 0 bridgehead atoms. The second-order valence-corrected chi connectivity index (χ2v) is 13.7. The molecule has 2 saturated carbocycles. The molecule has 1 atom stereocenters. The maximum atomic E-state index is 14.5. The summed E-state index contributed by atoms with van der Waals surface area (Å²) < 4.78 is 32.5. The maximum Gasteiger partial charge on any atom is 0.337 e. The van der Waals surface area contributed by atoms with Crippen molar-refractivity contribution in [3.8, 4) is 16.8 Å². The van der Waals surface area contributed by atoms with Crippen LogP contribution in [0.1, 0.15) is 60.9 Å². The Morgan fingerprint density at radius 3 is 2.55 bits per heavy atom. The van der Waals surface area contributed by atoms with Crippen molar-refractivity contribution in [1.29, 1.82) is 0 Å². The van der Waals surface area contributed by atoms with Crippen molar-refractivity contribution in [3.05, 3.63) is 111 Å². The van der Waals surface area contributed by atoms with Gasteiger partial charge in [0.2, 0.25) is 0 Å². The number of carbonyl (C=O) groups excluding carboxylic acids is 1. The van der Waals surface area contributed by atoms with Crippen LogP contribution in [-0.2, 0) is 6.42 Å². The van der Waals surface area contributed by atoms with E-state index in [1.54, 1.807) is 28.6 Å². The number of Topliss-reactive ketones (excluding diaryl/α,β-unsaturated/α-hetero) is 1. The number of nitrogens with zero attached hydrogens (tertiary/aromatic N) is 5. The fourth-order valence-corrected chi connectivity index (χ4v) is 8.00. The zero-order valence-electron chi connectivity index (χ0n) is 25.7. The van der Waals surface area contributed by atoms with Crippen LogP contribution in [0.4, 0.5) is 8.78 Å². The second-order valence-electron chi connectivity index (χ2n) is 12.8. The maximum absolute atomic E-state index is 14.5. The quantitative estimate of drug-likeness (QED) is 0.145. The molecule has 1 unspecified atom stereocenters. The van der Waals surface area contributed by atoms with Gasteiger partial charge >= 0.3 is 5.69 Å². The van der Waals surface area contributed by atoms with E-state index in [9.17, 15) is 23.2 Å². The summed E-state index contributed by atoms with van der Waals surface area (Å²) in [6, 6.07) is 16.3. The third kappa shape index (κ3) is 5.08. The lowest BCUT2D eigenvalue weighted by atomic mass is 9.80. The van der Waals surface area contributed by atoms with Crippen molar-refractivity contribution in [2.24, 2.45) is 11.3 Å². The van der Waals surface area contributed by atoms with Crippen LogP contribution >= 0.6 is 11.8 Å². The summed E-state index contributed by atoms with van der Waals surface area (Å²) in [4.78, 5) is 51.4. The Hall–Kier alpha value is -4.64. The summed E-state index contributed by atoms with van der Waals surface area (Å²) in [6.45, 7) is 0. The number of hydrogen-bond donors (Lipinski definition) is 0. The van der Waals surface area contributed by atoms with E-state index in [2.05, 4.69) is 16.0 Å². The molecule has 2 fully saturated rings. The molecule has 3 aromatic heterocycles. The van der Waals surface area contributed by atoms with Crippen molar-refractivity contribution in [2.45, 2.75) is 55.9 Å². The molecule has 2 aliphatic carbocycles. The van der Waals surface area contributed by atoms with Gasteiger partial charge in [0.1, 0.15) is 23.2 Å². The number of imidazole rings is 1. The average Bonchev–Trinajstić information content (AvgIpc) is 3.61. The van der Waals surface area contributed by atoms with Gasteiger partial charge in [0.05, 0.1) is 17.3 Å². The normalized spacial score (nSPS) is 21.9. The van der Waals surface area contributed by atoms with Crippen molar-refractivity contribution in [2.75, 3.05) is 6.26 Å². The van der Waals surface area contributed by atoms with E-state index in [4.69, 9.17) is 0 Å². The molecule has 1 aliphatic heterocycles. The van der Waals surface area contributed by atoms with Gasteiger partial charge in [-0.1, -0.05) is 24.3 Å². The van der Waals surface area contributed by atoms with E-state index in [0.717, 1.165) is 34.7 Å². The highest BCUT2D eigenvalue weighted by Gasteiger charge is 2.59. The van der Waals surface area contributed by atoms with Gasteiger partial charge in [0.25, 0.3) is 5.56 Å². The van der Waals surface area contributed by atoms with E-state index >= 15 is 0 Å². The van der Waals surface area contributed by atoms with E-state index < -0.39 is 23.1 Å². The highest BCUT2D eigenvalue weighted by molar-refractivity contribution is 7.98. The van der Waals surface area contributed by atoms with Gasteiger partial charge < -0.3 is 4.57 Å². The Bertz CT molecular complexity index is 2250. The fourth-order valence-electron chi connectivity index (χ4n) is 7.54. The number of fused-ring (bicyclic) bond motifs is 2. The van der Waals surface area contributed by atoms with E-state index in [1.807, 2.05) is 42.7 Å². The summed E-state index contributed by atoms with van der Waals surface area (Å²) >= 11 is 1.64. The Balaban J connectivity index is 1.11. The molecule has 0 radical (unpaired) electrons. The first-order chi connectivity index (χ1) is 22.7. The van der Waals surface area contributed by atoms with Gasteiger partial charge in [-0.25, -0.2) is 28.1 Å². The minimum Gasteiger partial charge on any atom is -0.307 e. The number of aryl methyl sites for hydroxylation is 1. The number of carbonyl (C=O) groups is 1. The summed E-state index contributed by atoms with van der Waals surface area (Å²) in [6.07, 6.45) is 9.90. The minimum absolute atomic E-state index is 0.0334. The molecule has 238 valence electrons. The van der Waals surface area contributed by atoms with E-state index in [0.29, 0.717) is 49.3 Å². The molecule has 8 rings (SSSR count). The fraction of sp³-hybridized carbons (Fsp3) is 0.306. The predicted molar refractivity (Wildman–Crippen MR) is 177 cm³/mol. The van der Waals surface area contributed by atoms with E-state index in [1.165, 1.54) is 15.3 Å². The number of rotatable bonds is 6. The summed E-state index contributed by atoms with van der Waals surface area (Å²) in [5.74, 6) is -0.427. The zero-order chi connectivity index (χ0) is 32.4. The standard InChI is InChI=1S/C36H31F2N5O3S/c1-47-27-7-3-5-22(15-27)21-4-2-6-26(14-21)42-33-28(16-24(38)18-39-33)34(45)43(35(42)46)25-10-12-36(13-11-25)17-29(36)32(44)30-20-41-19-23(37)8-9-31(41)40-30/h2-7,14-16,18-20,25,29H,8-13,17H2,1H3. The second kappa shape index (κ2) is 11.3. The number of pyridine rings is 1. The van der Waals surface area contributed by atoms with E-state index in [-0.39, 0.29) is 40.4 Å². The molecule has 0 amide bonds. The van der Waals surface area contributed by atoms with Crippen LogP contribution in [0.25, 0.3) is 34.0 Å². The third-order valence-corrected chi connectivity index (χ3v) is 10.9. The number of allylic oxidation sites excluding steroid dienone is 1. The first kappa shape index (κ1) is 29.7. The molecular weight excluding hydrogens is 620 g/mol. The molecule has 5 aromatic rings. The lowest BCUT2D eigenvalue weighted by molar-refractivity contribution is 0.0927. The smallest absolute Gasteiger partial charge is 0.307 e. The van der Waals surface area contributed by atoms with Crippen LogP contribution in [0.15, 0.2) is 87.3 Å². The van der Waals surface area contributed by atoms with Gasteiger partial charge in [-0.3, -0.25) is 14.2 Å². The first-order valence-corrected chi connectivity index (χ1v) is 17.0. The summed E-state index contributed by atoms with van der Waals surface area (Å²) in [5, 5.41) is 0.0355. The van der Waals surface area contributed by atoms with Crippen LogP contribution in [0.5, 0.6) is 0 Å². The van der Waals surface area contributed by atoms with Crippen LogP contribution in [-0.4, -0.2) is 35.7 Å².